The number of carbonyl (C=O) groups is 2. The van der Waals surface area contributed by atoms with E-state index in [9.17, 15) is 9.59 Å². The lowest BCUT2D eigenvalue weighted by Crippen LogP contribution is -2.25. The number of carbonyl (C=O) groups excluding carboxylic acids is 2. The molecule has 0 spiro atoms. The van der Waals surface area contributed by atoms with Crippen LogP contribution in [0, 0.1) is 17.3 Å². The third kappa shape index (κ3) is 6.09. The van der Waals surface area contributed by atoms with Gasteiger partial charge in [-0.1, -0.05) is 36.1 Å². The molecule has 0 aliphatic rings. The van der Waals surface area contributed by atoms with Crippen LogP contribution in [0.3, 0.4) is 0 Å². The van der Waals surface area contributed by atoms with Gasteiger partial charge in [0, 0.05) is 36.6 Å². The molecule has 0 saturated heterocycles. The first-order valence-corrected chi connectivity index (χ1v) is 10.1. The van der Waals surface area contributed by atoms with Crippen molar-refractivity contribution >= 4 is 23.3 Å². The first-order valence-electron chi connectivity index (χ1n) is 10.1. The Hall–Kier alpha value is -3.79. The molecular formula is C24H27N5O2. The minimum Gasteiger partial charge on any atom is -0.345 e. The normalized spacial score (nSPS) is 10.8. The third-order valence-electron chi connectivity index (χ3n) is 4.43. The summed E-state index contributed by atoms with van der Waals surface area (Å²) in [5, 5.41) is 8.20. The van der Waals surface area contributed by atoms with Crippen molar-refractivity contribution in [2.75, 3.05) is 18.9 Å². The van der Waals surface area contributed by atoms with Crippen molar-refractivity contribution < 1.29 is 9.59 Å². The number of amides is 3. The van der Waals surface area contributed by atoms with E-state index in [4.69, 9.17) is 0 Å². The summed E-state index contributed by atoms with van der Waals surface area (Å²) < 4.78 is 1.86. The van der Waals surface area contributed by atoms with Gasteiger partial charge in [0.15, 0.2) is 5.65 Å². The summed E-state index contributed by atoms with van der Waals surface area (Å²) in [6.07, 6.45) is 5.71. The molecule has 0 aliphatic carbocycles. The Morgan fingerprint density at radius 1 is 1.16 bits per heavy atom. The van der Waals surface area contributed by atoms with Gasteiger partial charge in [-0.3, -0.25) is 4.79 Å². The summed E-state index contributed by atoms with van der Waals surface area (Å²) in [5.74, 6) is 6.01. The van der Waals surface area contributed by atoms with E-state index >= 15 is 0 Å². The highest BCUT2D eigenvalue weighted by Gasteiger charge is 2.11. The van der Waals surface area contributed by atoms with Crippen molar-refractivity contribution in [2.45, 2.75) is 27.2 Å². The molecule has 0 atom stereocenters. The molecule has 2 heterocycles. The maximum atomic E-state index is 12.3. The number of hydrogen-bond acceptors (Lipinski definition) is 3. The van der Waals surface area contributed by atoms with Gasteiger partial charge < -0.3 is 20.4 Å². The molecule has 0 saturated carbocycles. The van der Waals surface area contributed by atoms with Gasteiger partial charge in [-0.05, 0) is 38.0 Å². The highest BCUT2D eigenvalue weighted by Crippen LogP contribution is 2.26. The molecule has 31 heavy (non-hydrogen) atoms. The zero-order chi connectivity index (χ0) is 22.4. The Kier molecular flexibility index (Phi) is 6.61. The molecule has 160 valence electrons. The van der Waals surface area contributed by atoms with E-state index < -0.39 is 0 Å². The molecule has 7 heteroatoms. The number of nitrogens with zero attached hydrogens (tertiary/aromatic N) is 2. The number of anilines is 1. The van der Waals surface area contributed by atoms with Gasteiger partial charge in [0.05, 0.1) is 18.7 Å². The Morgan fingerprint density at radius 3 is 2.71 bits per heavy atom. The average Bonchev–Trinajstić information content (AvgIpc) is 3.19. The summed E-state index contributed by atoms with van der Waals surface area (Å²) >= 11 is 0. The van der Waals surface area contributed by atoms with Crippen LogP contribution >= 0.6 is 0 Å². The maximum absolute atomic E-state index is 12.3. The number of urea groups is 1. The van der Waals surface area contributed by atoms with Crippen LogP contribution in [-0.2, 0) is 11.2 Å². The van der Waals surface area contributed by atoms with E-state index in [0.29, 0.717) is 17.9 Å². The summed E-state index contributed by atoms with van der Waals surface area (Å²) in [4.78, 5) is 28.4. The molecule has 0 aliphatic heterocycles. The van der Waals surface area contributed by atoms with E-state index in [-0.39, 0.29) is 23.8 Å². The number of pyridine rings is 1. The molecule has 3 amide bonds. The zero-order valence-corrected chi connectivity index (χ0v) is 18.2. The summed E-state index contributed by atoms with van der Waals surface area (Å²) in [6.45, 7) is 6.43. The molecule has 3 aromatic rings. The van der Waals surface area contributed by atoms with E-state index in [1.165, 1.54) is 0 Å². The standard InChI is InChI=1S/C24H27N5O2/c1-24(2,3)9-6-10-26-21(30)14-17-7-5-8-18(13-17)19-15-20(28-23(31)25-4)22-27-11-12-29(22)16-19/h5,7-8,11-13,15-16H,10,14H2,1-4H3,(H,26,30)(H2,25,28,31). The fourth-order valence-corrected chi connectivity index (χ4v) is 3.03. The van der Waals surface area contributed by atoms with E-state index in [1.54, 1.807) is 13.2 Å². The van der Waals surface area contributed by atoms with E-state index in [2.05, 4.69) is 32.8 Å². The molecule has 2 aromatic heterocycles. The Balaban J connectivity index is 1.78. The van der Waals surface area contributed by atoms with Crippen LogP contribution < -0.4 is 16.0 Å². The Labute approximate surface area is 182 Å². The van der Waals surface area contributed by atoms with Gasteiger partial charge in [0.25, 0.3) is 0 Å². The number of imidazole rings is 1. The Morgan fingerprint density at radius 2 is 1.97 bits per heavy atom. The second-order valence-electron chi connectivity index (χ2n) is 8.21. The smallest absolute Gasteiger partial charge is 0.319 e. The fraction of sp³-hybridized carbons (Fsp3) is 0.292. The second-order valence-corrected chi connectivity index (χ2v) is 8.21. The van der Waals surface area contributed by atoms with Crippen LogP contribution in [-0.4, -0.2) is 34.9 Å². The highest BCUT2D eigenvalue weighted by molar-refractivity contribution is 5.94. The van der Waals surface area contributed by atoms with E-state index in [1.807, 2.05) is 67.9 Å². The largest absolute Gasteiger partial charge is 0.345 e. The van der Waals surface area contributed by atoms with Crippen LogP contribution in [0.1, 0.15) is 26.3 Å². The van der Waals surface area contributed by atoms with Gasteiger partial charge in [-0.2, -0.15) is 0 Å². The number of fused-ring (bicyclic) bond motifs is 1. The molecule has 0 fully saturated rings. The van der Waals surface area contributed by atoms with Crippen molar-refractivity contribution in [2.24, 2.45) is 5.41 Å². The lowest BCUT2D eigenvalue weighted by molar-refractivity contribution is -0.120. The first-order chi connectivity index (χ1) is 14.7. The molecule has 1 aromatic carbocycles. The fourth-order valence-electron chi connectivity index (χ4n) is 3.03. The van der Waals surface area contributed by atoms with Crippen LogP contribution in [0.5, 0.6) is 0 Å². The lowest BCUT2D eigenvalue weighted by Gasteiger charge is -2.11. The number of hydrogen-bond donors (Lipinski definition) is 3. The first kappa shape index (κ1) is 21.9. The quantitative estimate of drug-likeness (QED) is 0.556. The zero-order valence-electron chi connectivity index (χ0n) is 18.2. The highest BCUT2D eigenvalue weighted by atomic mass is 16.2. The molecule has 7 nitrogen and oxygen atoms in total. The van der Waals surface area contributed by atoms with Crippen molar-refractivity contribution in [3.8, 4) is 23.0 Å². The molecule has 3 N–H and O–H groups in total. The molecule has 0 bridgehead atoms. The lowest BCUT2D eigenvalue weighted by atomic mass is 9.98. The van der Waals surface area contributed by atoms with Gasteiger partial charge in [-0.25, -0.2) is 9.78 Å². The van der Waals surface area contributed by atoms with Crippen LogP contribution in [0.2, 0.25) is 0 Å². The van der Waals surface area contributed by atoms with Gasteiger partial charge >= 0.3 is 6.03 Å². The second kappa shape index (κ2) is 9.35. The number of aromatic nitrogens is 2. The monoisotopic (exact) mass is 417 g/mol. The van der Waals surface area contributed by atoms with Crippen LogP contribution in [0.25, 0.3) is 16.8 Å². The van der Waals surface area contributed by atoms with Crippen molar-refractivity contribution in [1.82, 2.24) is 20.0 Å². The van der Waals surface area contributed by atoms with Gasteiger partial charge in [-0.15, -0.1) is 0 Å². The van der Waals surface area contributed by atoms with Crippen molar-refractivity contribution in [3.63, 3.8) is 0 Å². The van der Waals surface area contributed by atoms with Gasteiger partial charge in [0.2, 0.25) is 5.91 Å². The molecular weight excluding hydrogens is 390 g/mol. The minimum atomic E-state index is -0.318. The van der Waals surface area contributed by atoms with Crippen molar-refractivity contribution in [3.05, 3.63) is 54.5 Å². The molecule has 3 rings (SSSR count). The third-order valence-corrected chi connectivity index (χ3v) is 4.43. The van der Waals surface area contributed by atoms with Crippen LogP contribution in [0.4, 0.5) is 10.5 Å². The van der Waals surface area contributed by atoms with Crippen LogP contribution in [0.15, 0.2) is 48.9 Å². The van der Waals surface area contributed by atoms with E-state index in [0.717, 1.165) is 16.7 Å². The summed E-state index contributed by atoms with van der Waals surface area (Å²) in [6, 6.07) is 9.34. The van der Waals surface area contributed by atoms with Crippen molar-refractivity contribution in [1.29, 1.82) is 0 Å². The SMILES string of the molecule is CNC(=O)Nc1cc(-c2cccc(CC(=O)NCC#CC(C)(C)C)c2)cn2ccnc12. The Bertz CT molecular complexity index is 1160. The molecule has 0 unspecified atom stereocenters. The predicted octanol–water partition coefficient (Wildman–Crippen LogP) is 3.46. The van der Waals surface area contributed by atoms with Gasteiger partial charge in [0.1, 0.15) is 0 Å². The number of nitrogens with one attached hydrogen (secondary N) is 3. The maximum Gasteiger partial charge on any atom is 0.319 e. The molecule has 0 radical (unpaired) electrons. The topological polar surface area (TPSA) is 87.5 Å². The summed E-state index contributed by atoms with van der Waals surface area (Å²) in [7, 11) is 1.56. The number of benzene rings is 1. The number of rotatable bonds is 5. The average molecular weight is 418 g/mol. The summed E-state index contributed by atoms with van der Waals surface area (Å²) in [5.41, 5.74) is 3.90. The minimum absolute atomic E-state index is 0.0765. The predicted molar refractivity (Wildman–Crippen MR) is 123 cm³/mol.